The fourth-order valence-corrected chi connectivity index (χ4v) is 1.57. The number of hydrogen-bond donors (Lipinski definition) is 3. The molecule has 1 aromatic heterocycles. The zero-order chi connectivity index (χ0) is 12.4. The van der Waals surface area contributed by atoms with Crippen molar-refractivity contribution in [1.29, 1.82) is 0 Å². The molecule has 2 amide bonds. The first-order chi connectivity index (χ1) is 8.08. The summed E-state index contributed by atoms with van der Waals surface area (Å²) in [4.78, 5) is 27.6. The van der Waals surface area contributed by atoms with Crippen molar-refractivity contribution in [2.24, 2.45) is 5.92 Å². The second-order valence-corrected chi connectivity index (χ2v) is 3.98. The van der Waals surface area contributed by atoms with E-state index in [1.165, 1.54) is 11.2 Å². The first-order valence-corrected chi connectivity index (χ1v) is 5.21. The summed E-state index contributed by atoms with van der Waals surface area (Å²) in [5.41, 5.74) is 0. The molecule has 1 aliphatic rings. The van der Waals surface area contributed by atoms with E-state index in [4.69, 9.17) is 5.11 Å². The van der Waals surface area contributed by atoms with Gasteiger partial charge in [0.2, 0.25) is 0 Å². The SMILES string of the molecule is CC(NC(=O)N1CC(C(=O)O)C1)c1ncn[nH]1. The van der Waals surface area contributed by atoms with Crippen LogP contribution in [0.2, 0.25) is 0 Å². The number of amides is 2. The van der Waals surface area contributed by atoms with Crippen molar-refractivity contribution in [3.63, 3.8) is 0 Å². The van der Waals surface area contributed by atoms with Crippen molar-refractivity contribution >= 4 is 12.0 Å². The summed E-state index contributed by atoms with van der Waals surface area (Å²) in [7, 11) is 0. The van der Waals surface area contributed by atoms with Gasteiger partial charge < -0.3 is 15.3 Å². The van der Waals surface area contributed by atoms with Gasteiger partial charge in [0.15, 0.2) is 0 Å². The van der Waals surface area contributed by atoms with Crippen molar-refractivity contribution < 1.29 is 14.7 Å². The van der Waals surface area contributed by atoms with Gasteiger partial charge in [-0.05, 0) is 6.92 Å². The zero-order valence-corrected chi connectivity index (χ0v) is 9.25. The molecule has 1 unspecified atom stereocenters. The van der Waals surface area contributed by atoms with E-state index in [2.05, 4.69) is 20.5 Å². The Morgan fingerprint density at radius 1 is 1.65 bits per heavy atom. The Balaban J connectivity index is 1.81. The highest BCUT2D eigenvalue weighted by Crippen LogP contribution is 2.16. The lowest BCUT2D eigenvalue weighted by Crippen LogP contribution is -2.56. The molecule has 0 aliphatic carbocycles. The van der Waals surface area contributed by atoms with Crippen molar-refractivity contribution in [2.75, 3.05) is 13.1 Å². The van der Waals surface area contributed by atoms with Crippen LogP contribution in [0.3, 0.4) is 0 Å². The van der Waals surface area contributed by atoms with Crippen LogP contribution in [-0.4, -0.2) is 50.3 Å². The van der Waals surface area contributed by atoms with Crippen molar-refractivity contribution in [2.45, 2.75) is 13.0 Å². The third kappa shape index (κ3) is 2.35. The number of aliphatic carboxylic acids is 1. The van der Waals surface area contributed by atoms with Gasteiger partial charge in [-0.25, -0.2) is 9.78 Å². The molecule has 8 heteroatoms. The second kappa shape index (κ2) is 4.40. The van der Waals surface area contributed by atoms with Gasteiger partial charge in [0, 0.05) is 13.1 Å². The summed E-state index contributed by atoms with van der Waals surface area (Å²) in [5, 5.41) is 17.7. The normalized spacial score (nSPS) is 17.4. The van der Waals surface area contributed by atoms with Gasteiger partial charge in [-0.15, -0.1) is 0 Å². The summed E-state index contributed by atoms with van der Waals surface area (Å²) in [6.07, 6.45) is 1.36. The molecule has 92 valence electrons. The van der Waals surface area contributed by atoms with Gasteiger partial charge in [-0.3, -0.25) is 9.89 Å². The number of aromatic nitrogens is 3. The summed E-state index contributed by atoms with van der Waals surface area (Å²) >= 11 is 0. The Bertz CT molecular complexity index is 412. The number of carboxylic acids is 1. The number of urea groups is 1. The number of carbonyl (C=O) groups excluding carboxylic acids is 1. The summed E-state index contributed by atoms with van der Waals surface area (Å²) in [6.45, 7) is 2.28. The number of aromatic amines is 1. The number of hydrogen-bond acceptors (Lipinski definition) is 4. The van der Waals surface area contributed by atoms with Gasteiger partial charge in [-0.2, -0.15) is 5.10 Å². The van der Waals surface area contributed by atoms with E-state index in [0.29, 0.717) is 5.82 Å². The summed E-state index contributed by atoms with van der Waals surface area (Å²) in [6, 6.07) is -0.569. The molecule has 1 atom stereocenters. The highest BCUT2D eigenvalue weighted by molar-refractivity contribution is 5.79. The molecule has 1 aliphatic heterocycles. The van der Waals surface area contributed by atoms with Crippen LogP contribution in [0.4, 0.5) is 4.79 Å². The predicted octanol–water partition coefficient (Wildman–Crippen LogP) is -0.408. The fraction of sp³-hybridized carbons (Fsp3) is 0.556. The van der Waals surface area contributed by atoms with E-state index in [-0.39, 0.29) is 25.2 Å². The lowest BCUT2D eigenvalue weighted by molar-refractivity contribution is -0.146. The van der Waals surface area contributed by atoms with E-state index in [1.54, 1.807) is 6.92 Å². The van der Waals surface area contributed by atoms with Crippen LogP contribution in [-0.2, 0) is 4.79 Å². The Labute approximate surface area is 97.0 Å². The minimum Gasteiger partial charge on any atom is -0.481 e. The zero-order valence-electron chi connectivity index (χ0n) is 9.25. The number of carboxylic acid groups (broad SMARTS) is 1. The van der Waals surface area contributed by atoms with Crippen LogP contribution in [0, 0.1) is 5.92 Å². The molecule has 0 bridgehead atoms. The molecule has 0 aromatic carbocycles. The molecular formula is C9H13N5O3. The lowest BCUT2D eigenvalue weighted by atomic mass is 10.0. The van der Waals surface area contributed by atoms with E-state index in [1.807, 2.05) is 0 Å². The van der Waals surface area contributed by atoms with Gasteiger partial charge in [-0.1, -0.05) is 0 Å². The number of nitrogens with one attached hydrogen (secondary N) is 2. The highest BCUT2D eigenvalue weighted by atomic mass is 16.4. The number of nitrogens with zero attached hydrogens (tertiary/aromatic N) is 3. The number of likely N-dealkylation sites (tertiary alicyclic amines) is 1. The Hall–Kier alpha value is -2.12. The molecule has 0 spiro atoms. The van der Waals surface area contributed by atoms with Crippen molar-refractivity contribution in [1.82, 2.24) is 25.4 Å². The smallest absolute Gasteiger partial charge is 0.318 e. The average Bonchev–Trinajstić information content (AvgIpc) is 2.66. The quantitative estimate of drug-likeness (QED) is 0.664. The lowest BCUT2D eigenvalue weighted by Gasteiger charge is -2.37. The minimum atomic E-state index is -0.864. The van der Waals surface area contributed by atoms with Gasteiger partial charge in [0.05, 0.1) is 12.0 Å². The maximum Gasteiger partial charge on any atom is 0.318 e. The molecule has 0 radical (unpaired) electrons. The fourth-order valence-electron chi connectivity index (χ4n) is 1.57. The number of rotatable bonds is 3. The van der Waals surface area contributed by atoms with Crippen LogP contribution in [0.25, 0.3) is 0 Å². The second-order valence-electron chi connectivity index (χ2n) is 3.98. The number of carbonyl (C=O) groups is 2. The maximum atomic E-state index is 11.7. The monoisotopic (exact) mass is 239 g/mol. The maximum absolute atomic E-state index is 11.7. The summed E-state index contributed by atoms with van der Waals surface area (Å²) < 4.78 is 0. The van der Waals surface area contributed by atoms with Crippen LogP contribution >= 0.6 is 0 Å². The predicted molar refractivity (Wildman–Crippen MR) is 56.0 cm³/mol. The van der Waals surface area contributed by atoms with E-state index < -0.39 is 11.9 Å². The molecule has 2 rings (SSSR count). The molecule has 17 heavy (non-hydrogen) atoms. The molecular weight excluding hydrogens is 226 g/mol. The molecule has 2 heterocycles. The minimum absolute atomic E-state index is 0.254. The van der Waals surface area contributed by atoms with Crippen LogP contribution < -0.4 is 5.32 Å². The van der Waals surface area contributed by atoms with E-state index in [0.717, 1.165) is 0 Å². The summed E-state index contributed by atoms with van der Waals surface area (Å²) in [5.74, 6) is -0.743. The molecule has 1 saturated heterocycles. The van der Waals surface area contributed by atoms with Crippen molar-refractivity contribution in [3.05, 3.63) is 12.2 Å². The third-order valence-electron chi connectivity index (χ3n) is 2.70. The van der Waals surface area contributed by atoms with Crippen LogP contribution in [0.5, 0.6) is 0 Å². The molecule has 0 saturated carbocycles. The molecule has 3 N–H and O–H groups in total. The highest BCUT2D eigenvalue weighted by Gasteiger charge is 2.36. The Morgan fingerprint density at radius 2 is 2.35 bits per heavy atom. The van der Waals surface area contributed by atoms with E-state index >= 15 is 0 Å². The number of H-pyrrole nitrogens is 1. The standard InChI is InChI=1S/C9H13N5O3/c1-5(7-10-4-11-13-7)12-9(17)14-2-6(3-14)8(15)16/h4-6H,2-3H2,1H3,(H,12,17)(H,15,16)(H,10,11,13). The first kappa shape index (κ1) is 11.4. The third-order valence-corrected chi connectivity index (χ3v) is 2.70. The molecule has 1 fully saturated rings. The van der Waals surface area contributed by atoms with Crippen LogP contribution in [0.15, 0.2) is 6.33 Å². The van der Waals surface area contributed by atoms with Gasteiger partial charge >= 0.3 is 12.0 Å². The largest absolute Gasteiger partial charge is 0.481 e. The Kier molecular flexibility index (Phi) is 2.94. The molecule has 8 nitrogen and oxygen atoms in total. The van der Waals surface area contributed by atoms with E-state index in [9.17, 15) is 9.59 Å². The van der Waals surface area contributed by atoms with Crippen molar-refractivity contribution in [3.8, 4) is 0 Å². The average molecular weight is 239 g/mol. The van der Waals surface area contributed by atoms with Gasteiger partial charge in [0.1, 0.15) is 12.2 Å². The Morgan fingerprint density at radius 3 is 2.88 bits per heavy atom. The van der Waals surface area contributed by atoms with Gasteiger partial charge in [0.25, 0.3) is 0 Å². The first-order valence-electron chi connectivity index (χ1n) is 5.21. The topological polar surface area (TPSA) is 111 Å². The molecule has 1 aromatic rings. The van der Waals surface area contributed by atoms with Crippen LogP contribution in [0.1, 0.15) is 18.8 Å².